The third-order valence-corrected chi connectivity index (χ3v) is 6.91. The van der Waals surface area contributed by atoms with Crippen molar-refractivity contribution in [2.24, 2.45) is 0 Å². The molecule has 140 valence electrons. The second-order valence-corrected chi connectivity index (χ2v) is 8.94. The summed E-state index contributed by atoms with van der Waals surface area (Å²) < 4.78 is 32.5. The predicted octanol–water partition coefficient (Wildman–Crippen LogP) is 2.55. The lowest BCUT2D eigenvalue weighted by molar-refractivity contribution is 0.0711. The Morgan fingerprint density at radius 3 is 2.81 bits per heavy atom. The minimum atomic E-state index is -3.71. The van der Waals surface area contributed by atoms with Gasteiger partial charge < -0.3 is 15.2 Å². The number of thiophene rings is 1. The largest absolute Gasteiger partial charge is 0.507 e. The van der Waals surface area contributed by atoms with Crippen molar-refractivity contribution >= 4 is 33.0 Å². The van der Waals surface area contributed by atoms with E-state index in [4.69, 9.17) is 4.74 Å². The second kappa shape index (κ2) is 7.65. The van der Waals surface area contributed by atoms with Crippen molar-refractivity contribution in [2.45, 2.75) is 36.1 Å². The summed E-state index contributed by atoms with van der Waals surface area (Å²) in [6.07, 6.45) is 1.82. The lowest BCUT2D eigenvalue weighted by atomic mass is 10.1. The number of benzene rings is 1. The van der Waals surface area contributed by atoms with Crippen LogP contribution in [-0.4, -0.2) is 38.2 Å². The average Bonchev–Trinajstić information content (AvgIpc) is 3.28. The van der Waals surface area contributed by atoms with Crippen molar-refractivity contribution in [1.29, 1.82) is 0 Å². The molecule has 1 amide bonds. The van der Waals surface area contributed by atoms with Crippen LogP contribution in [0.1, 0.15) is 30.1 Å². The highest BCUT2D eigenvalue weighted by Crippen LogP contribution is 2.26. The molecule has 0 saturated carbocycles. The van der Waals surface area contributed by atoms with Gasteiger partial charge in [0.05, 0.1) is 23.4 Å². The van der Waals surface area contributed by atoms with Crippen molar-refractivity contribution in [3.05, 3.63) is 41.3 Å². The van der Waals surface area contributed by atoms with Crippen molar-refractivity contribution < 1.29 is 23.1 Å². The number of ether oxygens (including phenoxy) is 1. The maximum absolute atomic E-state index is 12.4. The summed E-state index contributed by atoms with van der Waals surface area (Å²) >= 11 is 1.09. The van der Waals surface area contributed by atoms with Gasteiger partial charge in [-0.1, -0.05) is 6.07 Å². The van der Waals surface area contributed by atoms with E-state index in [0.29, 0.717) is 6.61 Å². The van der Waals surface area contributed by atoms with Gasteiger partial charge in [-0.15, -0.1) is 11.3 Å². The third kappa shape index (κ3) is 4.17. The topological polar surface area (TPSA) is 105 Å². The van der Waals surface area contributed by atoms with E-state index in [1.54, 1.807) is 11.4 Å². The molecule has 1 aliphatic heterocycles. The number of anilines is 1. The average molecular weight is 396 g/mol. The number of carbonyl (C=O) groups excluding carboxylic acids is 1. The fourth-order valence-electron chi connectivity index (χ4n) is 2.78. The van der Waals surface area contributed by atoms with E-state index in [-0.39, 0.29) is 33.4 Å². The van der Waals surface area contributed by atoms with Crippen molar-refractivity contribution in [3.63, 3.8) is 0 Å². The molecule has 0 bridgehead atoms. The molecule has 0 radical (unpaired) electrons. The first-order chi connectivity index (χ1) is 12.4. The number of phenolic OH excluding ortho intramolecular Hbond substituents is 1. The van der Waals surface area contributed by atoms with Gasteiger partial charge in [-0.2, -0.15) is 0 Å². The molecule has 2 aromatic rings. The SMILES string of the molecule is C[C@H](NC(=O)c1ccc(NS(=O)(=O)c2cccs2)cc1O)[C@@H]1CCCO1. The second-order valence-electron chi connectivity index (χ2n) is 6.08. The lowest BCUT2D eigenvalue weighted by Gasteiger charge is -2.20. The normalized spacial score (nSPS) is 18.4. The van der Waals surface area contributed by atoms with Gasteiger partial charge in [0.1, 0.15) is 9.96 Å². The van der Waals surface area contributed by atoms with Gasteiger partial charge >= 0.3 is 0 Å². The number of hydrogen-bond acceptors (Lipinski definition) is 6. The molecule has 0 spiro atoms. The molecule has 3 N–H and O–H groups in total. The summed E-state index contributed by atoms with van der Waals surface area (Å²) in [7, 11) is -3.71. The zero-order valence-corrected chi connectivity index (χ0v) is 15.8. The monoisotopic (exact) mass is 396 g/mol. The van der Waals surface area contributed by atoms with Gasteiger partial charge in [0.25, 0.3) is 15.9 Å². The Labute approximate surface area is 156 Å². The Morgan fingerprint density at radius 2 is 2.19 bits per heavy atom. The quantitative estimate of drug-likeness (QED) is 0.696. The molecule has 0 unspecified atom stereocenters. The number of nitrogens with one attached hydrogen (secondary N) is 2. The summed E-state index contributed by atoms with van der Waals surface area (Å²) in [4.78, 5) is 12.4. The van der Waals surface area contributed by atoms with Gasteiger partial charge in [-0.25, -0.2) is 8.42 Å². The molecule has 1 aromatic carbocycles. The summed E-state index contributed by atoms with van der Waals surface area (Å²) in [6, 6.07) is 6.99. The molecule has 1 aliphatic rings. The van der Waals surface area contributed by atoms with Crippen LogP contribution in [0.2, 0.25) is 0 Å². The molecular weight excluding hydrogens is 376 g/mol. The molecule has 2 heterocycles. The molecular formula is C17H20N2O5S2. The molecule has 1 aromatic heterocycles. The molecule has 1 fully saturated rings. The fourth-order valence-corrected chi connectivity index (χ4v) is 4.83. The molecule has 3 rings (SSSR count). The van der Waals surface area contributed by atoms with Crippen LogP contribution in [0.15, 0.2) is 39.9 Å². The van der Waals surface area contributed by atoms with E-state index in [1.165, 1.54) is 24.3 Å². The number of carbonyl (C=O) groups is 1. The smallest absolute Gasteiger partial charge is 0.271 e. The van der Waals surface area contributed by atoms with E-state index in [2.05, 4.69) is 10.0 Å². The van der Waals surface area contributed by atoms with Gasteiger partial charge in [0, 0.05) is 12.7 Å². The third-order valence-electron chi connectivity index (χ3n) is 4.14. The van der Waals surface area contributed by atoms with Crippen LogP contribution >= 0.6 is 11.3 Å². The van der Waals surface area contributed by atoms with Crippen LogP contribution in [0.5, 0.6) is 5.75 Å². The van der Waals surface area contributed by atoms with Crippen LogP contribution in [0.25, 0.3) is 0 Å². The van der Waals surface area contributed by atoms with Crippen LogP contribution in [0, 0.1) is 0 Å². The van der Waals surface area contributed by atoms with Crippen LogP contribution in [-0.2, 0) is 14.8 Å². The van der Waals surface area contributed by atoms with E-state index in [1.807, 2.05) is 6.92 Å². The number of hydrogen-bond donors (Lipinski definition) is 3. The number of aromatic hydroxyl groups is 1. The van der Waals surface area contributed by atoms with E-state index < -0.39 is 15.9 Å². The molecule has 1 saturated heterocycles. The zero-order valence-electron chi connectivity index (χ0n) is 14.1. The standard InChI is InChI=1S/C17H20N2O5S2/c1-11(15-4-2-8-24-15)18-17(21)13-7-6-12(10-14(13)20)19-26(22,23)16-5-3-9-25-16/h3,5-7,9-11,15,19-20H,2,4,8H2,1H3,(H,18,21)/t11-,15-/m0/s1. The summed E-state index contributed by atoms with van der Waals surface area (Å²) in [5, 5.41) is 14.6. The Hall–Kier alpha value is -2.10. The molecule has 2 atom stereocenters. The fraction of sp³-hybridized carbons (Fsp3) is 0.353. The van der Waals surface area contributed by atoms with Gasteiger partial charge in [0.15, 0.2) is 0 Å². The predicted molar refractivity (Wildman–Crippen MR) is 99.1 cm³/mol. The Balaban J connectivity index is 1.70. The number of amides is 1. The first-order valence-corrected chi connectivity index (χ1v) is 10.5. The maximum Gasteiger partial charge on any atom is 0.271 e. The summed E-state index contributed by atoms with van der Waals surface area (Å²) in [5.74, 6) is -0.730. The highest BCUT2D eigenvalue weighted by atomic mass is 32.2. The van der Waals surface area contributed by atoms with Crippen LogP contribution in [0.3, 0.4) is 0 Å². The molecule has 0 aliphatic carbocycles. The first kappa shape index (κ1) is 18.7. The van der Waals surface area contributed by atoms with Gasteiger partial charge in [0.2, 0.25) is 0 Å². The minimum Gasteiger partial charge on any atom is -0.507 e. The van der Waals surface area contributed by atoms with Gasteiger partial charge in [-0.05, 0) is 43.3 Å². The summed E-state index contributed by atoms with van der Waals surface area (Å²) in [6.45, 7) is 2.55. The maximum atomic E-state index is 12.4. The lowest BCUT2D eigenvalue weighted by Crippen LogP contribution is -2.40. The first-order valence-electron chi connectivity index (χ1n) is 8.18. The van der Waals surface area contributed by atoms with E-state index in [9.17, 15) is 18.3 Å². The molecule has 26 heavy (non-hydrogen) atoms. The van der Waals surface area contributed by atoms with Gasteiger partial charge in [-0.3, -0.25) is 9.52 Å². The van der Waals surface area contributed by atoms with Crippen molar-refractivity contribution in [3.8, 4) is 5.75 Å². The number of rotatable bonds is 6. The van der Waals surface area contributed by atoms with Crippen molar-refractivity contribution in [2.75, 3.05) is 11.3 Å². The Morgan fingerprint density at radius 1 is 1.38 bits per heavy atom. The summed E-state index contributed by atoms with van der Waals surface area (Å²) in [5.41, 5.74) is 0.258. The zero-order chi connectivity index (χ0) is 18.7. The number of sulfonamides is 1. The Bertz CT molecular complexity index is 875. The number of phenols is 1. The highest BCUT2D eigenvalue weighted by Gasteiger charge is 2.25. The van der Waals surface area contributed by atoms with Crippen molar-refractivity contribution in [1.82, 2.24) is 5.32 Å². The molecule has 7 nitrogen and oxygen atoms in total. The van der Waals surface area contributed by atoms with E-state index >= 15 is 0 Å². The minimum absolute atomic E-state index is 0.0297. The molecule has 9 heteroatoms. The Kier molecular flexibility index (Phi) is 5.49. The highest BCUT2D eigenvalue weighted by molar-refractivity contribution is 7.94. The van der Waals surface area contributed by atoms with Crippen LogP contribution < -0.4 is 10.0 Å². The van der Waals surface area contributed by atoms with Crippen LogP contribution in [0.4, 0.5) is 5.69 Å². The van der Waals surface area contributed by atoms with E-state index in [0.717, 1.165) is 24.2 Å².